The van der Waals surface area contributed by atoms with Crippen molar-refractivity contribution in [3.8, 4) is 21.7 Å². The minimum atomic E-state index is -0.553. The van der Waals surface area contributed by atoms with Crippen molar-refractivity contribution in [3.05, 3.63) is 95.7 Å². The Hall–Kier alpha value is -4.23. The molecule has 5 rings (SSSR count). The number of nitrogens with zero attached hydrogens (tertiary/aromatic N) is 1. The molecule has 6 nitrogen and oxygen atoms in total. The van der Waals surface area contributed by atoms with E-state index in [0.717, 1.165) is 21.3 Å². The first-order chi connectivity index (χ1) is 16.5. The number of esters is 1. The maximum Gasteiger partial charge on any atom is 0.342 e. The molecule has 5 aromatic rings. The lowest BCUT2D eigenvalue weighted by molar-refractivity contribution is 0.0599. The van der Waals surface area contributed by atoms with Gasteiger partial charge in [-0.1, -0.05) is 54.6 Å². The fourth-order valence-electron chi connectivity index (χ4n) is 3.78. The summed E-state index contributed by atoms with van der Waals surface area (Å²) >= 11 is 1.41. The van der Waals surface area contributed by atoms with Crippen LogP contribution < -0.4 is 5.32 Å². The molecule has 2 aromatic heterocycles. The van der Waals surface area contributed by atoms with Crippen molar-refractivity contribution in [1.29, 1.82) is 0 Å². The zero-order valence-corrected chi connectivity index (χ0v) is 19.3. The predicted octanol–water partition coefficient (Wildman–Crippen LogP) is 6.57. The molecule has 0 aliphatic heterocycles. The Balaban J connectivity index is 1.51. The SMILES string of the molecule is COC(=O)c1c(C)oc(NC(=O)c2ccc(-c3ccccc3)cc2)c1-c1nc2ccccc2s1. The van der Waals surface area contributed by atoms with Crippen LogP contribution >= 0.6 is 11.3 Å². The van der Waals surface area contributed by atoms with Crippen LogP contribution in [0.1, 0.15) is 26.5 Å². The number of carbonyl (C=O) groups excluding carboxylic acids is 2. The van der Waals surface area contributed by atoms with Gasteiger partial charge in [0.15, 0.2) is 0 Å². The van der Waals surface area contributed by atoms with Crippen LogP contribution in [0.15, 0.2) is 83.3 Å². The standard InChI is InChI=1S/C27H20N2O4S/c1-16-22(27(31)32-2)23(26-28-20-10-6-7-11-21(20)34-26)25(33-16)29-24(30)19-14-12-18(13-15-19)17-8-4-3-5-9-17/h3-15H,1-2H3,(H,29,30). The second-order valence-electron chi connectivity index (χ2n) is 7.61. The number of fused-ring (bicyclic) bond motifs is 1. The number of ether oxygens (including phenoxy) is 1. The first kappa shape index (κ1) is 21.6. The summed E-state index contributed by atoms with van der Waals surface area (Å²) in [5, 5.41) is 3.39. The number of anilines is 1. The molecule has 0 saturated carbocycles. The average Bonchev–Trinajstić information content (AvgIpc) is 3.44. The Labute approximate surface area is 199 Å². The van der Waals surface area contributed by atoms with Gasteiger partial charge in [-0.15, -0.1) is 11.3 Å². The number of amides is 1. The first-order valence-corrected chi connectivity index (χ1v) is 11.4. The highest BCUT2D eigenvalue weighted by Gasteiger charge is 2.29. The summed E-state index contributed by atoms with van der Waals surface area (Å²) in [7, 11) is 1.31. The Morgan fingerprint density at radius 3 is 2.29 bits per heavy atom. The average molecular weight is 469 g/mol. The van der Waals surface area contributed by atoms with Crippen molar-refractivity contribution in [2.75, 3.05) is 12.4 Å². The molecular weight excluding hydrogens is 448 g/mol. The summed E-state index contributed by atoms with van der Waals surface area (Å²) in [4.78, 5) is 30.3. The van der Waals surface area contributed by atoms with E-state index in [2.05, 4.69) is 10.3 Å². The summed E-state index contributed by atoms with van der Waals surface area (Å²) in [5.41, 5.74) is 4.00. The smallest absolute Gasteiger partial charge is 0.342 e. The number of thiazole rings is 1. The van der Waals surface area contributed by atoms with Gasteiger partial charge >= 0.3 is 5.97 Å². The summed E-state index contributed by atoms with van der Waals surface area (Å²) in [5.74, 6) is -0.403. The third kappa shape index (κ3) is 3.97. The fourth-order valence-corrected chi connectivity index (χ4v) is 4.80. The van der Waals surface area contributed by atoms with Crippen molar-refractivity contribution in [3.63, 3.8) is 0 Å². The maximum atomic E-state index is 13.1. The molecule has 0 unspecified atom stereocenters. The highest BCUT2D eigenvalue weighted by Crippen LogP contribution is 2.40. The quantitative estimate of drug-likeness (QED) is 0.295. The number of para-hydroxylation sites is 1. The Morgan fingerprint density at radius 2 is 1.59 bits per heavy atom. The lowest BCUT2D eigenvalue weighted by Gasteiger charge is -2.06. The summed E-state index contributed by atoms with van der Waals surface area (Å²) in [6.45, 7) is 1.66. The lowest BCUT2D eigenvalue weighted by atomic mass is 10.0. The lowest BCUT2D eigenvalue weighted by Crippen LogP contribution is -2.12. The predicted molar refractivity (Wildman–Crippen MR) is 133 cm³/mol. The number of methoxy groups -OCH3 is 1. The highest BCUT2D eigenvalue weighted by atomic mass is 32.1. The van der Waals surface area contributed by atoms with Crippen LogP contribution in [0.4, 0.5) is 5.88 Å². The van der Waals surface area contributed by atoms with Gasteiger partial charge in [-0.25, -0.2) is 9.78 Å². The van der Waals surface area contributed by atoms with Crippen molar-refractivity contribution in [1.82, 2.24) is 4.98 Å². The third-order valence-electron chi connectivity index (χ3n) is 5.46. The van der Waals surface area contributed by atoms with Gasteiger partial charge in [-0.2, -0.15) is 0 Å². The van der Waals surface area contributed by atoms with Crippen LogP contribution in [-0.4, -0.2) is 24.0 Å². The zero-order valence-electron chi connectivity index (χ0n) is 18.5. The van der Waals surface area contributed by atoms with Crippen LogP contribution in [0.2, 0.25) is 0 Å². The van der Waals surface area contributed by atoms with E-state index in [9.17, 15) is 9.59 Å². The number of aromatic nitrogens is 1. The van der Waals surface area contributed by atoms with Gasteiger partial charge in [0.05, 0.1) is 22.9 Å². The molecule has 0 aliphatic rings. The normalized spacial score (nSPS) is 10.9. The third-order valence-corrected chi connectivity index (χ3v) is 6.52. The minimum Gasteiger partial charge on any atom is -0.465 e. The summed E-state index contributed by atoms with van der Waals surface area (Å²) < 4.78 is 11.8. The second-order valence-corrected chi connectivity index (χ2v) is 8.64. The Kier molecular flexibility index (Phi) is 5.69. The molecule has 0 atom stereocenters. The van der Waals surface area contributed by atoms with Crippen LogP contribution in [0, 0.1) is 6.92 Å². The van der Waals surface area contributed by atoms with E-state index in [0.29, 0.717) is 21.9 Å². The largest absolute Gasteiger partial charge is 0.465 e. The first-order valence-electron chi connectivity index (χ1n) is 10.6. The van der Waals surface area contributed by atoms with Gasteiger partial charge in [0.25, 0.3) is 5.91 Å². The molecular formula is C27H20N2O4S. The van der Waals surface area contributed by atoms with Gasteiger partial charge in [0.1, 0.15) is 16.3 Å². The molecule has 0 bridgehead atoms. The van der Waals surface area contributed by atoms with E-state index in [-0.39, 0.29) is 17.4 Å². The molecule has 3 aromatic carbocycles. The molecule has 1 amide bonds. The van der Waals surface area contributed by atoms with Gasteiger partial charge in [0, 0.05) is 5.56 Å². The number of nitrogens with one attached hydrogen (secondary N) is 1. The number of furan rings is 1. The molecule has 34 heavy (non-hydrogen) atoms. The van der Waals surface area contributed by atoms with Crippen LogP contribution in [0.3, 0.4) is 0 Å². The topological polar surface area (TPSA) is 81.4 Å². The Morgan fingerprint density at radius 1 is 0.912 bits per heavy atom. The van der Waals surface area contributed by atoms with E-state index in [1.54, 1.807) is 19.1 Å². The van der Waals surface area contributed by atoms with Crippen LogP contribution in [0.25, 0.3) is 31.9 Å². The minimum absolute atomic E-state index is 0.161. The van der Waals surface area contributed by atoms with E-state index in [1.165, 1.54) is 18.4 Å². The molecule has 7 heteroatoms. The number of aryl methyl sites for hydroxylation is 1. The summed E-state index contributed by atoms with van der Waals surface area (Å²) in [6.07, 6.45) is 0. The van der Waals surface area contributed by atoms with E-state index in [1.807, 2.05) is 66.7 Å². The highest BCUT2D eigenvalue weighted by molar-refractivity contribution is 7.21. The van der Waals surface area contributed by atoms with Crippen LogP contribution in [-0.2, 0) is 4.74 Å². The zero-order chi connectivity index (χ0) is 23.7. The molecule has 1 N–H and O–H groups in total. The molecule has 0 aliphatic carbocycles. The molecule has 0 fully saturated rings. The number of rotatable bonds is 5. The number of hydrogen-bond acceptors (Lipinski definition) is 6. The molecule has 2 heterocycles. The maximum absolute atomic E-state index is 13.1. The number of carbonyl (C=O) groups is 2. The van der Waals surface area contributed by atoms with E-state index >= 15 is 0 Å². The molecule has 168 valence electrons. The fraction of sp³-hybridized carbons (Fsp3) is 0.0741. The van der Waals surface area contributed by atoms with Gasteiger partial charge in [0.2, 0.25) is 5.88 Å². The van der Waals surface area contributed by atoms with Crippen LogP contribution in [0.5, 0.6) is 0 Å². The van der Waals surface area contributed by atoms with Crippen molar-refractivity contribution in [2.45, 2.75) is 6.92 Å². The van der Waals surface area contributed by atoms with Crippen molar-refractivity contribution < 1.29 is 18.7 Å². The van der Waals surface area contributed by atoms with Gasteiger partial charge in [-0.3, -0.25) is 10.1 Å². The summed E-state index contributed by atoms with van der Waals surface area (Å²) in [6, 6.07) is 24.9. The Bertz CT molecular complexity index is 1470. The molecule has 0 radical (unpaired) electrons. The number of benzene rings is 3. The van der Waals surface area contributed by atoms with Crippen molar-refractivity contribution >= 4 is 39.3 Å². The molecule has 0 spiro atoms. The second kappa shape index (κ2) is 8.96. The van der Waals surface area contributed by atoms with Crippen molar-refractivity contribution in [2.24, 2.45) is 0 Å². The van der Waals surface area contributed by atoms with E-state index < -0.39 is 5.97 Å². The molecule has 0 saturated heterocycles. The van der Waals surface area contributed by atoms with E-state index in [4.69, 9.17) is 9.15 Å². The van der Waals surface area contributed by atoms with Gasteiger partial charge in [-0.05, 0) is 42.3 Å². The number of hydrogen-bond donors (Lipinski definition) is 1. The monoisotopic (exact) mass is 468 g/mol. The van der Waals surface area contributed by atoms with Gasteiger partial charge < -0.3 is 9.15 Å².